The quantitative estimate of drug-likeness (QED) is 0.666. The van der Waals surface area contributed by atoms with Gasteiger partial charge in [0, 0.05) is 21.7 Å². The van der Waals surface area contributed by atoms with Crippen LogP contribution in [0.15, 0.2) is 70.6 Å². The Hall–Kier alpha value is -1.72. The van der Waals surface area contributed by atoms with Gasteiger partial charge >= 0.3 is 0 Å². The highest BCUT2D eigenvalue weighted by molar-refractivity contribution is 8.00. The first-order valence-electron chi connectivity index (χ1n) is 7.07. The Morgan fingerprint density at radius 1 is 0.955 bits per heavy atom. The van der Waals surface area contributed by atoms with Gasteiger partial charge in [-0.2, -0.15) is 0 Å². The molecule has 0 spiro atoms. The van der Waals surface area contributed by atoms with Crippen molar-refractivity contribution in [2.75, 3.05) is 0 Å². The fourth-order valence-corrected chi connectivity index (χ4v) is 4.72. The Morgan fingerprint density at radius 2 is 1.68 bits per heavy atom. The van der Waals surface area contributed by atoms with E-state index < -0.39 is 10.0 Å². The maximum absolute atomic E-state index is 12.8. The van der Waals surface area contributed by atoms with Crippen molar-refractivity contribution in [1.29, 1.82) is 0 Å². The second-order valence-electron chi connectivity index (χ2n) is 5.29. The summed E-state index contributed by atoms with van der Waals surface area (Å²) in [5, 5.41) is 1.42. The number of hydrogen-bond acceptors (Lipinski definition) is 3. The van der Waals surface area contributed by atoms with E-state index in [9.17, 15) is 8.42 Å². The summed E-state index contributed by atoms with van der Waals surface area (Å²) in [6, 6.07) is 16.2. The van der Waals surface area contributed by atoms with Crippen molar-refractivity contribution in [3.8, 4) is 0 Å². The Kier molecular flexibility index (Phi) is 4.02. The number of benzene rings is 2. The molecule has 1 heterocycles. The summed E-state index contributed by atoms with van der Waals surface area (Å²) in [7, 11) is -3.56. The Balaban J connectivity index is 2.17. The number of hydrogen-bond donors (Lipinski definition) is 0. The normalized spacial score (nSPS) is 12.1. The van der Waals surface area contributed by atoms with Gasteiger partial charge in [-0.1, -0.05) is 38.1 Å². The monoisotopic (exact) mass is 331 g/mol. The van der Waals surface area contributed by atoms with E-state index in [2.05, 4.69) is 13.8 Å². The number of aromatic nitrogens is 1. The molecule has 22 heavy (non-hydrogen) atoms. The van der Waals surface area contributed by atoms with E-state index in [1.165, 1.54) is 3.97 Å². The van der Waals surface area contributed by atoms with E-state index in [-0.39, 0.29) is 0 Å². The molecular formula is C17H17NO2S2. The number of fused-ring (bicyclic) bond motifs is 1. The van der Waals surface area contributed by atoms with Gasteiger partial charge in [0.2, 0.25) is 0 Å². The van der Waals surface area contributed by atoms with Crippen molar-refractivity contribution in [1.82, 2.24) is 3.97 Å². The van der Waals surface area contributed by atoms with Gasteiger partial charge in [0.25, 0.3) is 10.0 Å². The molecule has 0 unspecified atom stereocenters. The third kappa shape index (κ3) is 2.66. The molecule has 0 atom stereocenters. The maximum atomic E-state index is 12.8. The molecular weight excluding hydrogens is 314 g/mol. The molecule has 0 aliphatic carbocycles. The van der Waals surface area contributed by atoms with E-state index in [1.807, 2.05) is 30.3 Å². The van der Waals surface area contributed by atoms with Gasteiger partial charge in [-0.25, -0.2) is 12.4 Å². The molecule has 0 aliphatic rings. The van der Waals surface area contributed by atoms with Crippen LogP contribution in [0.3, 0.4) is 0 Å². The van der Waals surface area contributed by atoms with Crippen LogP contribution in [0.1, 0.15) is 13.8 Å². The summed E-state index contributed by atoms with van der Waals surface area (Å²) in [6.07, 6.45) is 1.64. The minimum atomic E-state index is -3.56. The van der Waals surface area contributed by atoms with Crippen LogP contribution >= 0.6 is 11.8 Å². The van der Waals surface area contributed by atoms with Gasteiger partial charge < -0.3 is 0 Å². The first-order valence-corrected chi connectivity index (χ1v) is 9.39. The number of nitrogens with zero attached hydrogens (tertiary/aromatic N) is 1. The Morgan fingerprint density at radius 3 is 2.36 bits per heavy atom. The lowest BCUT2D eigenvalue weighted by molar-refractivity contribution is 0.589. The van der Waals surface area contributed by atoms with E-state index in [1.54, 1.807) is 42.2 Å². The van der Waals surface area contributed by atoms with Crippen molar-refractivity contribution in [2.45, 2.75) is 28.9 Å². The predicted octanol–water partition coefficient (Wildman–Crippen LogP) is 4.38. The van der Waals surface area contributed by atoms with Gasteiger partial charge in [-0.3, -0.25) is 0 Å². The lowest BCUT2D eigenvalue weighted by atomic mass is 10.2. The first kappa shape index (κ1) is 15.2. The zero-order valence-electron chi connectivity index (χ0n) is 12.4. The average Bonchev–Trinajstić information content (AvgIpc) is 2.93. The maximum Gasteiger partial charge on any atom is 0.268 e. The SMILES string of the molecule is CC(C)Sc1cccc2c1ccn2S(=O)(=O)c1ccccc1. The van der Waals surface area contributed by atoms with Crippen molar-refractivity contribution >= 4 is 32.7 Å². The fraction of sp³-hybridized carbons (Fsp3) is 0.176. The minimum Gasteiger partial charge on any atom is -0.241 e. The summed E-state index contributed by atoms with van der Waals surface area (Å²) in [6.45, 7) is 4.25. The molecule has 0 aliphatic heterocycles. The lowest BCUT2D eigenvalue weighted by Crippen LogP contribution is -2.11. The van der Waals surface area contributed by atoms with E-state index >= 15 is 0 Å². The van der Waals surface area contributed by atoms with Gasteiger partial charge in [-0.05, 0) is 30.3 Å². The van der Waals surface area contributed by atoms with Crippen LogP contribution in [0.2, 0.25) is 0 Å². The molecule has 0 radical (unpaired) electrons. The van der Waals surface area contributed by atoms with Crippen LogP contribution in [0.5, 0.6) is 0 Å². The molecule has 0 saturated heterocycles. The summed E-state index contributed by atoms with van der Waals surface area (Å²) in [5.74, 6) is 0. The van der Waals surface area contributed by atoms with Gasteiger partial charge in [0.05, 0.1) is 10.4 Å². The molecule has 0 bridgehead atoms. The molecule has 3 rings (SSSR count). The summed E-state index contributed by atoms with van der Waals surface area (Å²) < 4.78 is 27.0. The second kappa shape index (κ2) is 5.82. The summed E-state index contributed by atoms with van der Waals surface area (Å²) in [4.78, 5) is 1.41. The fourth-order valence-electron chi connectivity index (χ4n) is 2.39. The zero-order chi connectivity index (χ0) is 15.7. The second-order valence-corrected chi connectivity index (χ2v) is 8.72. The predicted molar refractivity (Wildman–Crippen MR) is 92.0 cm³/mol. The molecule has 3 nitrogen and oxygen atoms in total. The molecule has 5 heteroatoms. The minimum absolute atomic E-state index is 0.300. The largest absolute Gasteiger partial charge is 0.268 e. The Bertz CT molecular complexity index is 897. The van der Waals surface area contributed by atoms with Crippen LogP contribution in [0.25, 0.3) is 10.9 Å². The highest BCUT2D eigenvalue weighted by atomic mass is 32.2. The van der Waals surface area contributed by atoms with Crippen molar-refractivity contribution < 1.29 is 8.42 Å². The molecule has 0 N–H and O–H groups in total. The molecule has 3 aromatic rings. The third-order valence-electron chi connectivity index (χ3n) is 3.32. The lowest BCUT2D eigenvalue weighted by Gasteiger charge is -2.09. The summed E-state index contributed by atoms with van der Waals surface area (Å²) in [5.41, 5.74) is 0.717. The molecule has 0 fully saturated rings. The van der Waals surface area contributed by atoms with Gasteiger partial charge in [0.15, 0.2) is 0 Å². The zero-order valence-corrected chi connectivity index (χ0v) is 14.1. The molecule has 1 aromatic heterocycles. The third-order valence-corrected chi connectivity index (χ3v) is 6.11. The van der Waals surface area contributed by atoms with Crippen LogP contribution in [-0.4, -0.2) is 17.6 Å². The standard InChI is InChI=1S/C17H17NO2S2/c1-13(2)21-17-10-6-9-16-15(17)11-12-18(16)22(19,20)14-7-4-3-5-8-14/h3-13H,1-2H3. The highest BCUT2D eigenvalue weighted by Gasteiger charge is 2.19. The van der Waals surface area contributed by atoms with Crippen molar-refractivity contribution in [3.63, 3.8) is 0 Å². The molecule has 114 valence electrons. The Labute approximate surface area is 135 Å². The first-order chi connectivity index (χ1) is 10.5. The highest BCUT2D eigenvalue weighted by Crippen LogP contribution is 2.32. The van der Waals surface area contributed by atoms with Crippen molar-refractivity contribution in [3.05, 3.63) is 60.8 Å². The van der Waals surface area contributed by atoms with E-state index in [0.717, 1.165) is 15.8 Å². The van der Waals surface area contributed by atoms with E-state index in [0.29, 0.717) is 10.1 Å². The van der Waals surface area contributed by atoms with Crippen LogP contribution < -0.4 is 0 Å². The van der Waals surface area contributed by atoms with Crippen LogP contribution in [0, 0.1) is 0 Å². The van der Waals surface area contributed by atoms with Gasteiger partial charge in [0.1, 0.15) is 0 Å². The van der Waals surface area contributed by atoms with Crippen molar-refractivity contribution in [2.24, 2.45) is 0 Å². The van der Waals surface area contributed by atoms with Crippen LogP contribution in [-0.2, 0) is 10.0 Å². The van der Waals surface area contributed by atoms with Gasteiger partial charge in [-0.15, -0.1) is 11.8 Å². The average molecular weight is 331 g/mol. The molecule has 0 saturated carbocycles. The number of thioether (sulfide) groups is 1. The molecule has 0 amide bonds. The van der Waals surface area contributed by atoms with Crippen LogP contribution in [0.4, 0.5) is 0 Å². The molecule has 2 aromatic carbocycles. The topological polar surface area (TPSA) is 39.1 Å². The smallest absolute Gasteiger partial charge is 0.241 e. The number of rotatable bonds is 4. The summed E-state index contributed by atoms with van der Waals surface area (Å²) >= 11 is 1.74. The van der Waals surface area contributed by atoms with E-state index in [4.69, 9.17) is 0 Å².